The number of hydrogen-bond donors (Lipinski definition) is 1. The van der Waals surface area contributed by atoms with E-state index in [2.05, 4.69) is 49.0 Å². The zero-order valence-corrected chi connectivity index (χ0v) is 13.5. The Morgan fingerprint density at radius 3 is 2.70 bits per heavy atom. The van der Waals surface area contributed by atoms with Crippen LogP contribution in [0.1, 0.15) is 33.6 Å². The van der Waals surface area contributed by atoms with Gasteiger partial charge in [-0.05, 0) is 43.9 Å². The Morgan fingerprint density at radius 2 is 1.95 bits per heavy atom. The molecule has 0 aliphatic heterocycles. The van der Waals surface area contributed by atoms with Gasteiger partial charge in [-0.2, -0.15) is 0 Å². The van der Waals surface area contributed by atoms with Crippen LogP contribution in [0.3, 0.4) is 0 Å². The van der Waals surface area contributed by atoms with E-state index in [1.54, 1.807) is 0 Å². The molecule has 0 fully saturated rings. The van der Waals surface area contributed by atoms with Gasteiger partial charge in [-0.25, -0.2) is 0 Å². The first kappa shape index (κ1) is 15.4. The standard InChI is InChI=1S/C17H25ClN2/c1-13(2)7-8-14(3)19-10-12-20-11-9-15-16(18)5-4-6-17(15)20/h4-6,9,11,13-14,19H,7-8,10,12H2,1-3H3. The third kappa shape index (κ3) is 4.00. The molecular formula is C17H25ClN2. The molecule has 0 aliphatic carbocycles. The van der Waals surface area contributed by atoms with Crippen molar-refractivity contribution in [3.8, 4) is 0 Å². The summed E-state index contributed by atoms with van der Waals surface area (Å²) in [5.41, 5.74) is 1.22. The lowest BCUT2D eigenvalue weighted by Crippen LogP contribution is -2.29. The predicted molar refractivity (Wildman–Crippen MR) is 88.5 cm³/mol. The maximum Gasteiger partial charge on any atom is 0.0499 e. The van der Waals surface area contributed by atoms with E-state index in [4.69, 9.17) is 11.6 Å². The minimum atomic E-state index is 0.586. The molecule has 2 aromatic rings. The fourth-order valence-corrected chi connectivity index (χ4v) is 2.73. The summed E-state index contributed by atoms with van der Waals surface area (Å²) in [6.07, 6.45) is 4.66. The largest absolute Gasteiger partial charge is 0.346 e. The summed E-state index contributed by atoms with van der Waals surface area (Å²) in [4.78, 5) is 0. The van der Waals surface area contributed by atoms with Crippen molar-refractivity contribution >= 4 is 22.5 Å². The monoisotopic (exact) mass is 292 g/mol. The molecule has 110 valence electrons. The van der Waals surface area contributed by atoms with Gasteiger partial charge in [0.15, 0.2) is 0 Å². The molecule has 1 unspecified atom stereocenters. The highest BCUT2D eigenvalue weighted by Crippen LogP contribution is 2.23. The first-order valence-corrected chi connectivity index (χ1v) is 7.92. The van der Waals surface area contributed by atoms with Crippen molar-refractivity contribution in [1.29, 1.82) is 0 Å². The van der Waals surface area contributed by atoms with Gasteiger partial charge < -0.3 is 9.88 Å². The van der Waals surface area contributed by atoms with Crippen LogP contribution in [0.4, 0.5) is 0 Å². The van der Waals surface area contributed by atoms with Crippen LogP contribution < -0.4 is 5.32 Å². The summed E-state index contributed by atoms with van der Waals surface area (Å²) >= 11 is 6.20. The maximum atomic E-state index is 6.20. The third-order valence-electron chi connectivity index (χ3n) is 3.78. The number of rotatable bonds is 7. The van der Waals surface area contributed by atoms with Crippen molar-refractivity contribution in [2.24, 2.45) is 5.92 Å². The molecule has 1 aromatic heterocycles. The molecule has 2 rings (SSSR count). The highest BCUT2D eigenvalue weighted by Gasteiger charge is 2.05. The van der Waals surface area contributed by atoms with Crippen LogP contribution in [-0.4, -0.2) is 17.2 Å². The van der Waals surface area contributed by atoms with E-state index in [-0.39, 0.29) is 0 Å². The van der Waals surface area contributed by atoms with Crippen LogP contribution in [0.2, 0.25) is 5.02 Å². The summed E-state index contributed by atoms with van der Waals surface area (Å²) in [5.74, 6) is 0.787. The quantitative estimate of drug-likeness (QED) is 0.782. The van der Waals surface area contributed by atoms with Crippen LogP contribution >= 0.6 is 11.6 Å². The Balaban J connectivity index is 1.86. The number of hydrogen-bond acceptors (Lipinski definition) is 1. The van der Waals surface area contributed by atoms with E-state index in [1.807, 2.05) is 12.1 Å². The number of benzene rings is 1. The normalized spacial score (nSPS) is 13.2. The molecule has 1 atom stereocenters. The molecule has 0 saturated carbocycles. The molecule has 2 nitrogen and oxygen atoms in total. The molecule has 0 radical (unpaired) electrons. The predicted octanol–water partition coefficient (Wildman–Crippen LogP) is 4.71. The zero-order valence-electron chi connectivity index (χ0n) is 12.7. The van der Waals surface area contributed by atoms with E-state index in [1.165, 1.54) is 18.4 Å². The van der Waals surface area contributed by atoms with Gasteiger partial charge >= 0.3 is 0 Å². The minimum absolute atomic E-state index is 0.586. The Labute approximate surface area is 127 Å². The molecule has 3 heteroatoms. The highest BCUT2D eigenvalue weighted by atomic mass is 35.5. The lowest BCUT2D eigenvalue weighted by atomic mass is 10.0. The zero-order chi connectivity index (χ0) is 14.5. The molecule has 1 N–H and O–H groups in total. The lowest BCUT2D eigenvalue weighted by Gasteiger charge is -2.15. The van der Waals surface area contributed by atoms with Gasteiger partial charge in [0.1, 0.15) is 0 Å². The summed E-state index contributed by atoms with van der Waals surface area (Å²) < 4.78 is 2.27. The number of halogens is 1. The average Bonchev–Trinajstić information content (AvgIpc) is 2.81. The number of nitrogens with one attached hydrogen (secondary N) is 1. The smallest absolute Gasteiger partial charge is 0.0499 e. The van der Waals surface area contributed by atoms with E-state index in [0.717, 1.165) is 29.4 Å². The Morgan fingerprint density at radius 1 is 1.15 bits per heavy atom. The first-order chi connectivity index (χ1) is 9.58. The fraction of sp³-hybridized carbons (Fsp3) is 0.529. The third-order valence-corrected chi connectivity index (χ3v) is 4.11. The summed E-state index contributed by atoms with van der Waals surface area (Å²) in [6, 6.07) is 8.77. The van der Waals surface area contributed by atoms with Crippen molar-refractivity contribution < 1.29 is 0 Å². The molecule has 20 heavy (non-hydrogen) atoms. The van der Waals surface area contributed by atoms with Crippen molar-refractivity contribution in [3.63, 3.8) is 0 Å². The van der Waals surface area contributed by atoms with Gasteiger partial charge in [-0.15, -0.1) is 0 Å². The Bertz CT molecular complexity index is 545. The second-order valence-electron chi connectivity index (χ2n) is 6.01. The number of aromatic nitrogens is 1. The molecular weight excluding hydrogens is 268 g/mol. The van der Waals surface area contributed by atoms with Gasteiger partial charge in [0, 0.05) is 41.3 Å². The minimum Gasteiger partial charge on any atom is -0.346 e. The Kier molecular flexibility index (Phi) is 5.50. The summed E-state index contributed by atoms with van der Waals surface area (Å²) in [7, 11) is 0. The molecule has 0 bridgehead atoms. The second kappa shape index (κ2) is 7.14. The molecule has 0 aliphatic rings. The van der Waals surface area contributed by atoms with Crippen molar-refractivity contribution in [2.75, 3.05) is 6.54 Å². The van der Waals surface area contributed by atoms with Crippen molar-refractivity contribution in [3.05, 3.63) is 35.5 Å². The highest BCUT2D eigenvalue weighted by molar-refractivity contribution is 6.35. The molecule has 1 heterocycles. The summed E-state index contributed by atoms with van der Waals surface area (Å²) in [6.45, 7) is 8.81. The topological polar surface area (TPSA) is 17.0 Å². The molecule has 0 saturated heterocycles. The maximum absolute atomic E-state index is 6.20. The number of nitrogens with zero attached hydrogens (tertiary/aromatic N) is 1. The van der Waals surface area contributed by atoms with Gasteiger partial charge in [0.25, 0.3) is 0 Å². The van der Waals surface area contributed by atoms with E-state index < -0.39 is 0 Å². The van der Waals surface area contributed by atoms with Crippen LogP contribution in [0.15, 0.2) is 30.5 Å². The molecule has 0 amide bonds. The van der Waals surface area contributed by atoms with Crippen LogP contribution in [0, 0.1) is 5.92 Å². The van der Waals surface area contributed by atoms with E-state index in [9.17, 15) is 0 Å². The molecule has 1 aromatic carbocycles. The van der Waals surface area contributed by atoms with Gasteiger partial charge in [0.05, 0.1) is 0 Å². The van der Waals surface area contributed by atoms with Gasteiger partial charge in [-0.3, -0.25) is 0 Å². The van der Waals surface area contributed by atoms with Crippen LogP contribution in [-0.2, 0) is 6.54 Å². The Hall–Kier alpha value is -0.990. The summed E-state index contributed by atoms with van der Waals surface area (Å²) in [5, 5.41) is 5.58. The number of fused-ring (bicyclic) bond motifs is 1. The van der Waals surface area contributed by atoms with Crippen molar-refractivity contribution in [2.45, 2.75) is 46.2 Å². The van der Waals surface area contributed by atoms with E-state index >= 15 is 0 Å². The second-order valence-corrected chi connectivity index (χ2v) is 6.42. The fourth-order valence-electron chi connectivity index (χ4n) is 2.50. The molecule has 0 spiro atoms. The van der Waals surface area contributed by atoms with Crippen LogP contribution in [0.25, 0.3) is 10.9 Å². The SMILES string of the molecule is CC(C)CCC(C)NCCn1ccc2c(Cl)cccc21. The average molecular weight is 293 g/mol. The van der Waals surface area contributed by atoms with E-state index in [0.29, 0.717) is 6.04 Å². The van der Waals surface area contributed by atoms with Gasteiger partial charge in [-0.1, -0.05) is 31.5 Å². The van der Waals surface area contributed by atoms with Gasteiger partial charge in [0.2, 0.25) is 0 Å². The first-order valence-electron chi connectivity index (χ1n) is 7.54. The van der Waals surface area contributed by atoms with Crippen LogP contribution in [0.5, 0.6) is 0 Å². The lowest BCUT2D eigenvalue weighted by molar-refractivity contribution is 0.443. The van der Waals surface area contributed by atoms with Crippen molar-refractivity contribution in [1.82, 2.24) is 9.88 Å².